The number of halogens is 3. The van der Waals surface area contributed by atoms with Crippen molar-refractivity contribution < 1.29 is 28.1 Å². The molecule has 0 radical (unpaired) electrons. The fraction of sp³-hybridized carbons (Fsp3) is 0.333. The molecule has 2 heterocycles. The molecule has 0 spiro atoms. The Hall–Kier alpha value is -2.69. The van der Waals surface area contributed by atoms with Crippen molar-refractivity contribution >= 4 is 28.6 Å². The Morgan fingerprint density at radius 3 is 2.55 bits per heavy atom. The van der Waals surface area contributed by atoms with Crippen LogP contribution in [0, 0.1) is 11.6 Å². The molecule has 8 nitrogen and oxygen atoms in total. The van der Waals surface area contributed by atoms with Crippen molar-refractivity contribution in [2.45, 2.75) is 6.54 Å². The van der Waals surface area contributed by atoms with Crippen LogP contribution >= 0.6 is 11.6 Å². The molecule has 0 amide bonds. The van der Waals surface area contributed by atoms with Gasteiger partial charge >= 0.3 is 0 Å². The summed E-state index contributed by atoms with van der Waals surface area (Å²) in [7, 11) is 1.56. The number of nitrogens with one attached hydrogen (secondary N) is 2. The van der Waals surface area contributed by atoms with E-state index < -0.39 is 11.6 Å². The van der Waals surface area contributed by atoms with Gasteiger partial charge in [-0.25, -0.2) is 13.8 Å². The largest absolute Gasteiger partial charge is 0.491 e. The maximum atomic E-state index is 14.3. The summed E-state index contributed by atoms with van der Waals surface area (Å²) in [5.74, 6) is -1.31. The number of hydrogen-bond donors (Lipinski definition) is 3. The van der Waals surface area contributed by atoms with Crippen LogP contribution in [0.1, 0.15) is 5.56 Å². The summed E-state index contributed by atoms with van der Waals surface area (Å²) in [4.78, 5) is 10.5. The fourth-order valence-electron chi connectivity index (χ4n) is 2.50. The molecule has 0 aliphatic heterocycles. The third-order valence-electron chi connectivity index (χ3n) is 3.89. The third-order valence-corrected chi connectivity index (χ3v) is 4.18. The molecule has 0 atom stereocenters. The summed E-state index contributed by atoms with van der Waals surface area (Å²) in [6, 6.07) is 3.38. The number of rotatable bonds is 10. The van der Waals surface area contributed by atoms with Crippen molar-refractivity contribution in [3.63, 3.8) is 0 Å². The van der Waals surface area contributed by atoms with Crippen LogP contribution in [-0.2, 0) is 16.0 Å². The summed E-state index contributed by atoms with van der Waals surface area (Å²) in [5, 5.41) is 12.3. The van der Waals surface area contributed by atoms with Crippen molar-refractivity contribution in [2.24, 2.45) is 0 Å². The number of aromatic amines is 1. The van der Waals surface area contributed by atoms with Gasteiger partial charge in [0.1, 0.15) is 29.8 Å². The van der Waals surface area contributed by atoms with E-state index in [-0.39, 0.29) is 53.6 Å². The number of methoxy groups -OCH3 is 1. The van der Waals surface area contributed by atoms with E-state index in [1.165, 1.54) is 6.07 Å². The Bertz CT molecular complexity index is 963. The fourth-order valence-corrected chi connectivity index (χ4v) is 2.71. The van der Waals surface area contributed by atoms with Crippen LogP contribution in [0.25, 0.3) is 11.2 Å². The minimum Gasteiger partial charge on any atom is -0.491 e. The number of ether oxygens (including phenoxy) is 3. The number of imidazole rings is 1. The molecule has 156 valence electrons. The lowest BCUT2D eigenvalue weighted by Crippen LogP contribution is -2.11. The zero-order valence-electron chi connectivity index (χ0n) is 15.5. The first kappa shape index (κ1) is 21.0. The van der Waals surface area contributed by atoms with Crippen LogP contribution in [0.5, 0.6) is 11.8 Å². The average molecular weight is 429 g/mol. The van der Waals surface area contributed by atoms with Crippen LogP contribution in [0.3, 0.4) is 0 Å². The van der Waals surface area contributed by atoms with Gasteiger partial charge < -0.3 is 29.6 Å². The van der Waals surface area contributed by atoms with Gasteiger partial charge in [-0.1, -0.05) is 11.6 Å². The Labute approximate surface area is 169 Å². The Balaban J connectivity index is 1.62. The Kier molecular flexibility index (Phi) is 7.02. The summed E-state index contributed by atoms with van der Waals surface area (Å²) < 4.78 is 44.0. The predicted molar refractivity (Wildman–Crippen MR) is 102 cm³/mol. The number of aromatic hydroxyl groups is 1. The molecule has 11 heteroatoms. The molecule has 29 heavy (non-hydrogen) atoms. The molecule has 3 rings (SSSR count). The number of anilines is 1. The minimum absolute atomic E-state index is 0.0590. The van der Waals surface area contributed by atoms with Crippen molar-refractivity contribution in [1.82, 2.24) is 15.0 Å². The smallest absolute Gasteiger partial charge is 0.293 e. The van der Waals surface area contributed by atoms with E-state index in [4.69, 9.17) is 25.8 Å². The van der Waals surface area contributed by atoms with E-state index in [2.05, 4.69) is 20.3 Å². The molecule has 0 saturated carbocycles. The maximum Gasteiger partial charge on any atom is 0.293 e. The number of H-pyrrole nitrogens is 1. The highest BCUT2D eigenvalue weighted by molar-refractivity contribution is 6.33. The summed E-state index contributed by atoms with van der Waals surface area (Å²) in [5.41, 5.74) is 0.450. The molecule has 3 N–H and O–H groups in total. The van der Waals surface area contributed by atoms with Gasteiger partial charge in [0.25, 0.3) is 6.01 Å². The molecule has 0 aliphatic carbocycles. The van der Waals surface area contributed by atoms with E-state index in [1.54, 1.807) is 7.11 Å². The molecular formula is C18H19ClF2N4O4. The second-order valence-corrected chi connectivity index (χ2v) is 6.33. The van der Waals surface area contributed by atoms with Crippen molar-refractivity contribution in [1.29, 1.82) is 0 Å². The summed E-state index contributed by atoms with van der Waals surface area (Å²) in [6.07, 6.45) is 0. The first-order valence-electron chi connectivity index (χ1n) is 8.64. The highest BCUT2D eigenvalue weighted by Gasteiger charge is 2.14. The first-order valence-corrected chi connectivity index (χ1v) is 9.02. The van der Waals surface area contributed by atoms with Gasteiger partial charge in [0, 0.05) is 31.4 Å². The molecule has 0 fully saturated rings. The molecule has 0 aliphatic rings. The number of pyridine rings is 1. The van der Waals surface area contributed by atoms with Gasteiger partial charge in [0.15, 0.2) is 5.65 Å². The highest BCUT2D eigenvalue weighted by atomic mass is 35.5. The SMILES string of the molecule is COCCOCCOc1cc(F)c(CNc2nc3nc(O)[nH]c3cc2Cl)c(F)c1. The lowest BCUT2D eigenvalue weighted by molar-refractivity contribution is 0.0543. The van der Waals surface area contributed by atoms with Gasteiger partial charge in [-0.05, 0) is 6.07 Å². The van der Waals surface area contributed by atoms with Crippen LogP contribution in [0.2, 0.25) is 5.02 Å². The van der Waals surface area contributed by atoms with Gasteiger partial charge in [0.05, 0.1) is 30.4 Å². The van der Waals surface area contributed by atoms with Gasteiger partial charge in [-0.15, -0.1) is 0 Å². The second kappa shape index (κ2) is 9.68. The Morgan fingerprint density at radius 1 is 1.10 bits per heavy atom. The van der Waals surface area contributed by atoms with E-state index in [0.717, 1.165) is 12.1 Å². The lowest BCUT2D eigenvalue weighted by Gasteiger charge is -2.12. The van der Waals surface area contributed by atoms with Crippen LogP contribution in [-0.4, -0.2) is 53.6 Å². The number of nitrogens with zero attached hydrogens (tertiary/aromatic N) is 2. The quantitative estimate of drug-likeness (QED) is 0.426. The van der Waals surface area contributed by atoms with Crippen LogP contribution in [0.4, 0.5) is 14.6 Å². The summed E-state index contributed by atoms with van der Waals surface area (Å²) in [6.45, 7) is 1.08. The lowest BCUT2D eigenvalue weighted by atomic mass is 10.2. The van der Waals surface area contributed by atoms with Crippen molar-refractivity contribution in [3.8, 4) is 11.8 Å². The molecule has 0 unspecified atom stereocenters. The standard InChI is InChI=1S/C18H19ClF2N4O4/c1-27-2-3-28-4-5-29-10-6-13(20)11(14(21)7-10)9-22-16-12(19)8-15-17(24-16)25-18(26)23-15/h6-8H,2-5,9H2,1H3,(H3,22,23,24,25,26). The molecule has 1 aromatic carbocycles. The molecular weight excluding hydrogens is 410 g/mol. The predicted octanol–water partition coefficient (Wildman–Crippen LogP) is 3.25. The molecule has 0 saturated heterocycles. The number of aromatic nitrogens is 3. The van der Waals surface area contributed by atoms with Gasteiger partial charge in [-0.3, -0.25) is 0 Å². The van der Waals surface area contributed by atoms with E-state index >= 15 is 0 Å². The average Bonchev–Trinajstić information content (AvgIpc) is 3.02. The number of fused-ring (bicyclic) bond motifs is 1. The molecule has 2 aromatic heterocycles. The van der Waals surface area contributed by atoms with E-state index in [9.17, 15) is 13.9 Å². The van der Waals surface area contributed by atoms with Gasteiger partial charge in [-0.2, -0.15) is 4.98 Å². The monoisotopic (exact) mass is 428 g/mol. The topological polar surface area (TPSA) is 102 Å². The molecule has 0 bridgehead atoms. The first-order chi connectivity index (χ1) is 14.0. The number of hydrogen-bond acceptors (Lipinski definition) is 7. The van der Waals surface area contributed by atoms with Crippen molar-refractivity contribution in [2.75, 3.05) is 38.9 Å². The van der Waals surface area contributed by atoms with Crippen LogP contribution < -0.4 is 10.1 Å². The maximum absolute atomic E-state index is 14.3. The van der Waals surface area contributed by atoms with Crippen molar-refractivity contribution in [3.05, 3.63) is 40.4 Å². The summed E-state index contributed by atoms with van der Waals surface area (Å²) >= 11 is 6.10. The second-order valence-electron chi connectivity index (χ2n) is 5.92. The van der Waals surface area contributed by atoms with Crippen LogP contribution in [0.15, 0.2) is 18.2 Å². The normalized spacial score (nSPS) is 11.2. The highest BCUT2D eigenvalue weighted by Crippen LogP contribution is 2.27. The zero-order chi connectivity index (χ0) is 20.8. The number of benzene rings is 1. The van der Waals surface area contributed by atoms with E-state index in [0.29, 0.717) is 18.7 Å². The van der Waals surface area contributed by atoms with Gasteiger partial charge in [0.2, 0.25) is 0 Å². The minimum atomic E-state index is -0.776. The van der Waals surface area contributed by atoms with E-state index in [1.807, 2.05) is 0 Å². The zero-order valence-corrected chi connectivity index (χ0v) is 16.2. The Morgan fingerprint density at radius 2 is 1.83 bits per heavy atom. The molecule has 3 aromatic rings. The third kappa shape index (κ3) is 5.43.